The Kier molecular flexibility index (Phi) is 3.67. The summed E-state index contributed by atoms with van der Waals surface area (Å²) in [6.07, 6.45) is 0. The molecule has 2 heterocycles. The third-order valence-electron chi connectivity index (χ3n) is 3.68. The lowest BCUT2D eigenvalue weighted by molar-refractivity contribution is 0.622. The highest BCUT2D eigenvalue weighted by Crippen LogP contribution is 2.32. The van der Waals surface area contributed by atoms with Gasteiger partial charge in [0.1, 0.15) is 5.82 Å². The van der Waals surface area contributed by atoms with E-state index in [4.69, 9.17) is 23.8 Å². The highest BCUT2D eigenvalue weighted by molar-refractivity contribution is 7.71. The van der Waals surface area contributed by atoms with Crippen molar-refractivity contribution in [1.29, 1.82) is 0 Å². The van der Waals surface area contributed by atoms with Crippen molar-refractivity contribution in [2.75, 3.05) is 0 Å². The molecule has 0 bridgehead atoms. The Hall–Kier alpha value is -1.17. The number of aromatic amines is 1. The van der Waals surface area contributed by atoms with Crippen LogP contribution in [0.5, 0.6) is 0 Å². The summed E-state index contributed by atoms with van der Waals surface area (Å²) < 4.78 is 16.3. The predicted octanol–water partition coefficient (Wildman–Crippen LogP) is 5.78. The first-order valence-electron chi connectivity index (χ1n) is 6.54. The minimum atomic E-state index is -0.433. The molecule has 6 heteroatoms. The molecule has 1 atom stereocenters. The van der Waals surface area contributed by atoms with Crippen molar-refractivity contribution in [2.24, 2.45) is 0 Å². The van der Waals surface area contributed by atoms with E-state index in [0.717, 1.165) is 11.0 Å². The first kappa shape index (κ1) is 14.8. The first-order valence-corrected chi connectivity index (χ1v) is 8.15. The molecule has 2 nitrogen and oxygen atoms in total. The van der Waals surface area contributed by atoms with Crippen LogP contribution in [0.1, 0.15) is 28.3 Å². The van der Waals surface area contributed by atoms with Gasteiger partial charge in [-0.2, -0.15) is 0 Å². The van der Waals surface area contributed by atoms with Crippen LogP contribution in [0.4, 0.5) is 4.39 Å². The number of hydrogen-bond acceptors (Lipinski definition) is 2. The molecule has 2 aromatic heterocycles. The molecule has 1 unspecified atom stereocenters. The van der Waals surface area contributed by atoms with E-state index >= 15 is 0 Å². The van der Waals surface area contributed by atoms with E-state index in [2.05, 4.69) is 31.8 Å². The number of hydrogen-bond donors (Lipinski definition) is 1. The molecule has 110 valence electrons. The second-order valence-electron chi connectivity index (χ2n) is 5.13. The minimum Gasteiger partial charge on any atom is -0.331 e. The van der Waals surface area contributed by atoms with E-state index in [1.807, 2.05) is 4.57 Å². The Labute approximate surface area is 136 Å². The topological polar surface area (TPSA) is 20.7 Å². The quantitative estimate of drug-likeness (QED) is 0.586. The predicted molar refractivity (Wildman–Crippen MR) is 89.7 cm³/mol. The lowest BCUT2D eigenvalue weighted by Crippen LogP contribution is -2.07. The maximum absolute atomic E-state index is 13.8. The fourth-order valence-electron chi connectivity index (χ4n) is 2.71. The smallest absolute Gasteiger partial charge is 0.178 e. The van der Waals surface area contributed by atoms with Gasteiger partial charge in [-0.3, -0.25) is 0 Å². The van der Waals surface area contributed by atoms with Gasteiger partial charge in [-0.1, -0.05) is 11.6 Å². The van der Waals surface area contributed by atoms with Crippen molar-refractivity contribution in [3.8, 4) is 0 Å². The Morgan fingerprint density at radius 1 is 1.33 bits per heavy atom. The molecule has 0 aliphatic heterocycles. The molecule has 0 aliphatic rings. The van der Waals surface area contributed by atoms with Gasteiger partial charge in [-0.25, -0.2) is 4.39 Å². The van der Waals surface area contributed by atoms with E-state index in [0.29, 0.717) is 4.77 Å². The maximum Gasteiger partial charge on any atom is 0.178 e. The number of fused-ring (bicyclic) bond motifs is 1. The SMILES string of the molecule is Cc1cc(C(C)n2c(=S)[nH]c3cc(Cl)c(F)cc32)c(C)s1. The second kappa shape index (κ2) is 5.23. The van der Waals surface area contributed by atoms with Crippen molar-refractivity contribution in [1.82, 2.24) is 9.55 Å². The molecule has 0 radical (unpaired) electrons. The van der Waals surface area contributed by atoms with Gasteiger partial charge in [-0.15, -0.1) is 11.3 Å². The van der Waals surface area contributed by atoms with E-state index < -0.39 is 5.82 Å². The second-order valence-corrected chi connectivity index (χ2v) is 7.38. The van der Waals surface area contributed by atoms with Gasteiger partial charge in [-0.05, 0) is 50.7 Å². The Morgan fingerprint density at radius 3 is 2.67 bits per heavy atom. The average Bonchev–Trinajstić information content (AvgIpc) is 2.89. The Balaban J connectivity index is 2.24. The van der Waals surface area contributed by atoms with Crippen LogP contribution in [0.3, 0.4) is 0 Å². The number of benzene rings is 1. The van der Waals surface area contributed by atoms with Gasteiger partial charge < -0.3 is 9.55 Å². The summed E-state index contributed by atoms with van der Waals surface area (Å²) in [5, 5.41) is 0.0983. The zero-order valence-corrected chi connectivity index (χ0v) is 14.2. The van der Waals surface area contributed by atoms with Crippen LogP contribution in [0.15, 0.2) is 18.2 Å². The van der Waals surface area contributed by atoms with Crippen LogP contribution < -0.4 is 0 Å². The summed E-state index contributed by atoms with van der Waals surface area (Å²) in [5.74, 6) is -0.433. The van der Waals surface area contributed by atoms with Gasteiger partial charge in [0.25, 0.3) is 0 Å². The molecule has 21 heavy (non-hydrogen) atoms. The van der Waals surface area contributed by atoms with Crippen LogP contribution in [0.25, 0.3) is 11.0 Å². The van der Waals surface area contributed by atoms with E-state index in [-0.39, 0.29) is 11.1 Å². The highest BCUT2D eigenvalue weighted by Gasteiger charge is 2.18. The first-order chi connectivity index (χ1) is 9.88. The molecule has 0 spiro atoms. The standard InChI is InChI=1S/C15H14ClFN2S2/c1-7-4-10(9(3)21-7)8(2)19-14-6-12(17)11(16)5-13(14)18-15(19)20/h4-6,8H,1-3H3,(H,18,20). The van der Waals surface area contributed by atoms with Crippen molar-refractivity contribution < 1.29 is 4.39 Å². The summed E-state index contributed by atoms with van der Waals surface area (Å²) in [6.45, 7) is 6.26. The van der Waals surface area contributed by atoms with Crippen LogP contribution in [0.2, 0.25) is 5.02 Å². The number of imidazole rings is 1. The zero-order chi connectivity index (χ0) is 15.3. The molecule has 0 fully saturated rings. The number of aromatic nitrogens is 2. The molecule has 3 aromatic rings. The number of halogens is 2. The van der Waals surface area contributed by atoms with Gasteiger partial charge in [0.15, 0.2) is 4.77 Å². The van der Waals surface area contributed by atoms with Crippen LogP contribution >= 0.6 is 35.2 Å². The molecule has 0 amide bonds. The summed E-state index contributed by atoms with van der Waals surface area (Å²) in [5.41, 5.74) is 2.70. The highest BCUT2D eigenvalue weighted by atomic mass is 35.5. The number of aryl methyl sites for hydroxylation is 2. The van der Waals surface area contributed by atoms with Crippen molar-refractivity contribution in [2.45, 2.75) is 26.8 Å². The Bertz CT molecular complexity index is 891. The van der Waals surface area contributed by atoms with Crippen LogP contribution in [-0.2, 0) is 0 Å². The van der Waals surface area contributed by atoms with Gasteiger partial charge in [0.2, 0.25) is 0 Å². The van der Waals surface area contributed by atoms with Crippen molar-refractivity contribution >= 4 is 46.2 Å². The summed E-state index contributed by atoms with van der Waals surface area (Å²) >= 11 is 13.0. The van der Waals surface area contributed by atoms with Crippen LogP contribution in [0, 0.1) is 24.4 Å². The van der Waals surface area contributed by atoms with Crippen molar-refractivity contribution in [3.63, 3.8) is 0 Å². The third-order valence-corrected chi connectivity index (χ3v) is 5.25. The number of nitrogens with one attached hydrogen (secondary N) is 1. The fraction of sp³-hybridized carbons (Fsp3) is 0.267. The lowest BCUT2D eigenvalue weighted by atomic mass is 10.1. The molecular weight excluding hydrogens is 327 g/mol. The summed E-state index contributed by atoms with van der Waals surface area (Å²) in [6, 6.07) is 5.22. The van der Waals surface area contributed by atoms with Crippen molar-refractivity contribution in [3.05, 3.63) is 49.1 Å². The molecule has 1 N–H and O–H groups in total. The van der Waals surface area contributed by atoms with E-state index in [1.54, 1.807) is 17.4 Å². The molecule has 1 aromatic carbocycles. The number of H-pyrrole nitrogens is 1. The largest absolute Gasteiger partial charge is 0.331 e. The fourth-order valence-corrected chi connectivity index (χ4v) is 4.26. The normalized spacial score (nSPS) is 13.0. The maximum atomic E-state index is 13.8. The molecule has 0 saturated carbocycles. The lowest BCUT2D eigenvalue weighted by Gasteiger charge is -2.15. The summed E-state index contributed by atoms with van der Waals surface area (Å²) in [7, 11) is 0. The minimum absolute atomic E-state index is 0.0387. The molecule has 0 aliphatic carbocycles. The van der Waals surface area contributed by atoms with E-state index in [1.165, 1.54) is 21.4 Å². The summed E-state index contributed by atoms with van der Waals surface area (Å²) in [4.78, 5) is 5.62. The third kappa shape index (κ3) is 2.43. The zero-order valence-electron chi connectivity index (χ0n) is 11.8. The van der Waals surface area contributed by atoms with E-state index in [9.17, 15) is 4.39 Å². The number of rotatable bonds is 2. The van der Waals surface area contributed by atoms with Crippen LogP contribution in [-0.4, -0.2) is 9.55 Å². The number of thiophene rings is 1. The Morgan fingerprint density at radius 2 is 2.05 bits per heavy atom. The van der Waals surface area contributed by atoms with Gasteiger partial charge in [0, 0.05) is 15.8 Å². The van der Waals surface area contributed by atoms with Gasteiger partial charge in [0.05, 0.1) is 22.1 Å². The molecule has 3 rings (SSSR count). The molecule has 0 saturated heterocycles. The molecular formula is C15H14ClFN2S2. The number of nitrogens with zero attached hydrogens (tertiary/aromatic N) is 1. The average molecular weight is 341 g/mol. The van der Waals surface area contributed by atoms with Gasteiger partial charge >= 0.3 is 0 Å². The monoisotopic (exact) mass is 340 g/mol.